The third kappa shape index (κ3) is 16.2. The van der Waals surface area contributed by atoms with Gasteiger partial charge in [0.1, 0.15) is 0 Å². The van der Waals surface area contributed by atoms with Crippen LogP contribution in [0.15, 0.2) is 23.8 Å². The second kappa shape index (κ2) is 8.58. The highest BCUT2D eigenvalue weighted by atomic mass is 13.9. The minimum Gasteiger partial charge on any atom is -0.0999 e. The zero-order valence-corrected chi connectivity index (χ0v) is 9.57. The summed E-state index contributed by atoms with van der Waals surface area (Å²) >= 11 is 0. The third-order valence-corrected chi connectivity index (χ3v) is 1.60. The summed E-state index contributed by atoms with van der Waals surface area (Å²) in [6.45, 7) is 16.5. The molecule has 0 amide bonds. The highest BCUT2D eigenvalue weighted by molar-refractivity contribution is 4.91. The minimum absolute atomic E-state index is 0.657. The standard InChI is InChI=1S/2C6H12/c1-5(2)6(3)4;1-4-5-6(2)3/h6H,1H2,2-4H3;5H,4H2,1-3H3. The van der Waals surface area contributed by atoms with Crippen molar-refractivity contribution in [3.63, 3.8) is 0 Å². The molecule has 0 heteroatoms. The van der Waals surface area contributed by atoms with Gasteiger partial charge < -0.3 is 0 Å². The molecule has 0 saturated heterocycles. The van der Waals surface area contributed by atoms with Crippen LogP contribution in [0.2, 0.25) is 0 Å². The normalized spacial score (nSPS) is 8.58. The zero-order chi connectivity index (χ0) is 10.1. The molecular weight excluding hydrogens is 144 g/mol. The summed E-state index contributed by atoms with van der Waals surface area (Å²) in [5.74, 6) is 0.657. The van der Waals surface area contributed by atoms with Gasteiger partial charge in [0.05, 0.1) is 0 Å². The Morgan fingerprint density at radius 2 is 1.58 bits per heavy atom. The predicted molar refractivity (Wildman–Crippen MR) is 59.4 cm³/mol. The Morgan fingerprint density at radius 1 is 1.25 bits per heavy atom. The lowest BCUT2D eigenvalue weighted by Gasteiger charge is -1.97. The van der Waals surface area contributed by atoms with E-state index >= 15 is 0 Å². The summed E-state index contributed by atoms with van der Waals surface area (Å²) in [7, 11) is 0. The summed E-state index contributed by atoms with van der Waals surface area (Å²) in [6.07, 6.45) is 3.38. The fourth-order valence-electron chi connectivity index (χ4n) is 0.408. The Morgan fingerprint density at radius 3 is 1.58 bits per heavy atom. The lowest BCUT2D eigenvalue weighted by Crippen LogP contribution is -1.83. The highest BCUT2D eigenvalue weighted by Gasteiger charge is 1.87. The molecule has 12 heavy (non-hydrogen) atoms. The van der Waals surface area contributed by atoms with Gasteiger partial charge in [-0.1, -0.05) is 44.6 Å². The molecule has 72 valence electrons. The molecule has 0 bridgehead atoms. The van der Waals surface area contributed by atoms with Crippen LogP contribution in [-0.2, 0) is 0 Å². The van der Waals surface area contributed by atoms with E-state index < -0.39 is 0 Å². The van der Waals surface area contributed by atoms with Crippen molar-refractivity contribution in [2.75, 3.05) is 0 Å². The predicted octanol–water partition coefficient (Wildman–Crippen LogP) is 4.58. The van der Waals surface area contributed by atoms with Gasteiger partial charge in [-0.15, -0.1) is 0 Å². The van der Waals surface area contributed by atoms with E-state index in [2.05, 4.69) is 47.3 Å². The Labute approximate surface area is 78.4 Å². The van der Waals surface area contributed by atoms with E-state index in [1.165, 1.54) is 17.6 Å². The molecule has 0 saturated carbocycles. The lowest BCUT2D eigenvalue weighted by molar-refractivity contribution is 0.773. The fourth-order valence-corrected chi connectivity index (χ4v) is 0.408. The van der Waals surface area contributed by atoms with Crippen LogP contribution in [0.5, 0.6) is 0 Å². The molecule has 0 atom stereocenters. The molecule has 0 aromatic heterocycles. The maximum Gasteiger partial charge on any atom is -0.0266 e. The van der Waals surface area contributed by atoms with Crippen molar-refractivity contribution in [3.8, 4) is 0 Å². The van der Waals surface area contributed by atoms with E-state index in [-0.39, 0.29) is 0 Å². The first-order chi connectivity index (χ1) is 5.41. The molecule has 0 rings (SSSR count). The Kier molecular flexibility index (Phi) is 10.0. The average Bonchev–Trinajstić information content (AvgIpc) is 1.87. The molecule has 0 nitrogen and oxygen atoms in total. The van der Waals surface area contributed by atoms with Crippen LogP contribution in [0.1, 0.15) is 48.0 Å². The Balaban J connectivity index is 0. The van der Waals surface area contributed by atoms with Crippen LogP contribution in [0.4, 0.5) is 0 Å². The smallest absolute Gasteiger partial charge is 0.0266 e. The molecule has 0 fully saturated rings. The molecule has 0 spiro atoms. The minimum atomic E-state index is 0.657. The largest absolute Gasteiger partial charge is 0.0999 e. The summed E-state index contributed by atoms with van der Waals surface area (Å²) in [5.41, 5.74) is 2.67. The van der Waals surface area contributed by atoms with Crippen molar-refractivity contribution in [2.45, 2.75) is 48.0 Å². The summed E-state index contributed by atoms with van der Waals surface area (Å²) in [5, 5.41) is 0. The van der Waals surface area contributed by atoms with Crippen molar-refractivity contribution in [1.82, 2.24) is 0 Å². The molecular formula is C12H24. The summed E-state index contributed by atoms with van der Waals surface area (Å²) < 4.78 is 0. The number of rotatable bonds is 2. The van der Waals surface area contributed by atoms with E-state index in [0.29, 0.717) is 5.92 Å². The molecule has 0 aliphatic carbocycles. The van der Waals surface area contributed by atoms with E-state index in [4.69, 9.17) is 0 Å². The molecule has 0 N–H and O–H groups in total. The Hall–Kier alpha value is -0.520. The van der Waals surface area contributed by atoms with Crippen LogP contribution >= 0.6 is 0 Å². The Bertz CT molecular complexity index is 134. The quantitative estimate of drug-likeness (QED) is 0.529. The zero-order valence-electron chi connectivity index (χ0n) is 9.57. The highest BCUT2D eigenvalue weighted by Crippen LogP contribution is 2.02. The second-order valence-corrected chi connectivity index (χ2v) is 3.69. The number of allylic oxidation sites excluding steroid dienone is 3. The SMILES string of the molecule is C=C(C)C(C)C.CCC=C(C)C. The van der Waals surface area contributed by atoms with Gasteiger partial charge in [0.15, 0.2) is 0 Å². The maximum absolute atomic E-state index is 3.75. The first-order valence-corrected chi connectivity index (χ1v) is 4.70. The van der Waals surface area contributed by atoms with Gasteiger partial charge in [-0.25, -0.2) is 0 Å². The van der Waals surface area contributed by atoms with Gasteiger partial charge in [0, 0.05) is 0 Å². The third-order valence-electron chi connectivity index (χ3n) is 1.60. The van der Waals surface area contributed by atoms with E-state index in [1.54, 1.807) is 0 Å². The molecule has 0 aliphatic rings. The van der Waals surface area contributed by atoms with Gasteiger partial charge in [-0.3, -0.25) is 0 Å². The van der Waals surface area contributed by atoms with E-state index in [0.717, 1.165) is 0 Å². The lowest BCUT2D eigenvalue weighted by atomic mass is 10.1. The first-order valence-electron chi connectivity index (χ1n) is 4.70. The van der Waals surface area contributed by atoms with Gasteiger partial charge in [0.2, 0.25) is 0 Å². The van der Waals surface area contributed by atoms with Gasteiger partial charge in [-0.05, 0) is 33.1 Å². The van der Waals surface area contributed by atoms with Crippen molar-refractivity contribution in [1.29, 1.82) is 0 Å². The number of hydrogen-bond donors (Lipinski definition) is 0. The topological polar surface area (TPSA) is 0 Å². The van der Waals surface area contributed by atoms with E-state index in [9.17, 15) is 0 Å². The maximum atomic E-state index is 3.75. The first kappa shape index (κ1) is 14.0. The second-order valence-electron chi connectivity index (χ2n) is 3.69. The van der Waals surface area contributed by atoms with Crippen molar-refractivity contribution < 1.29 is 0 Å². The van der Waals surface area contributed by atoms with Crippen molar-refractivity contribution in [3.05, 3.63) is 23.8 Å². The van der Waals surface area contributed by atoms with Crippen molar-refractivity contribution >= 4 is 0 Å². The summed E-state index contributed by atoms with van der Waals surface area (Å²) in [6, 6.07) is 0. The van der Waals surface area contributed by atoms with Crippen LogP contribution < -0.4 is 0 Å². The summed E-state index contributed by atoms with van der Waals surface area (Å²) in [4.78, 5) is 0. The van der Waals surface area contributed by atoms with Gasteiger partial charge >= 0.3 is 0 Å². The monoisotopic (exact) mass is 168 g/mol. The van der Waals surface area contributed by atoms with Gasteiger partial charge in [0.25, 0.3) is 0 Å². The molecule has 0 radical (unpaired) electrons. The molecule has 0 aliphatic heterocycles. The molecule has 0 aromatic carbocycles. The molecule has 0 unspecified atom stereocenters. The van der Waals surface area contributed by atoms with Crippen molar-refractivity contribution in [2.24, 2.45) is 5.92 Å². The van der Waals surface area contributed by atoms with E-state index in [1.807, 2.05) is 6.92 Å². The van der Waals surface area contributed by atoms with Crippen LogP contribution in [0, 0.1) is 5.92 Å². The molecule has 0 heterocycles. The fraction of sp³-hybridized carbons (Fsp3) is 0.667. The number of hydrogen-bond acceptors (Lipinski definition) is 0. The average molecular weight is 168 g/mol. The van der Waals surface area contributed by atoms with Crippen LogP contribution in [0.3, 0.4) is 0 Å². The van der Waals surface area contributed by atoms with Crippen LogP contribution in [-0.4, -0.2) is 0 Å². The molecule has 0 aromatic rings. The van der Waals surface area contributed by atoms with Gasteiger partial charge in [-0.2, -0.15) is 0 Å². The van der Waals surface area contributed by atoms with Crippen LogP contribution in [0.25, 0.3) is 0 Å².